The summed E-state index contributed by atoms with van der Waals surface area (Å²) in [6.45, 7) is 5.29. The van der Waals surface area contributed by atoms with E-state index in [0.717, 1.165) is 0 Å². The van der Waals surface area contributed by atoms with E-state index in [9.17, 15) is 19.5 Å². The average Bonchev–Trinajstić information content (AvgIpc) is 3.36. The van der Waals surface area contributed by atoms with Crippen LogP contribution in [0.15, 0.2) is 24.3 Å². The first-order chi connectivity index (χ1) is 15.8. The zero-order chi connectivity index (χ0) is 24.0. The van der Waals surface area contributed by atoms with Gasteiger partial charge in [-0.15, -0.1) is 0 Å². The number of hydrogen-bond acceptors (Lipinski definition) is 7. The molecule has 3 aliphatic rings. The van der Waals surface area contributed by atoms with Crippen molar-refractivity contribution in [2.24, 2.45) is 11.8 Å². The molecule has 2 amide bonds. The van der Waals surface area contributed by atoms with Crippen LogP contribution in [0.1, 0.15) is 40.0 Å². The van der Waals surface area contributed by atoms with Gasteiger partial charge in [-0.2, -0.15) is 0 Å². The lowest BCUT2D eigenvalue weighted by Crippen LogP contribution is -2.56. The van der Waals surface area contributed by atoms with Crippen LogP contribution in [0.2, 0.25) is 0 Å². The first kappa shape index (κ1) is 23.5. The molecule has 0 radical (unpaired) electrons. The largest absolute Gasteiger partial charge is 0.497 e. The molecule has 3 heterocycles. The van der Waals surface area contributed by atoms with Gasteiger partial charge in [0, 0.05) is 5.69 Å². The van der Waals surface area contributed by atoms with Crippen molar-refractivity contribution in [3.63, 3.8) is 0 Å². The minimum absolute atomic E-state index is 0.193. The lowest BCUT2D eigenvalue weighted by Gasteiger charge is -2.36. The molecule has 0 aromatic heterocycles. The summed E-state index contributed by atoms with van der Waals surface area (Å²) in [6.07, 6.45) is 1.46. The van der Waals surface area contributed by atoms with E-state index < -0.39 is 47.0 Å². The number of hydrogen-bond donors (Lipinski definition) is 2. The number of carbonyl (C=O) groups excluding carboxylic acids is 3. The third kappa shape index (κ3) is 3.49. The smallest absolute Gasteiger partial charge is 0.312 e. The van der Waals surface area contributed by atoms with Crippen LogP contribution in [0.5, 0.6) is 5.75 Å². The third-order valence-corrected chi connectivity index (χ3v) is 7.44. The fourth-order valence-electron chi connectivity index (χ4n) is 5.94. The van der Waals surface area contributed by atoms with E-state index in [0.29, 0.717) is 30.7 Å². The number of carbonyl (C=O) groups is 3. The van der Waals surface area contributed by atoms with Gasteiger partial charge in [0.25, 0.3) is 0 Å². The van der Waals surface area contributed by atoms with Gasteiger partial charge >= 0.3 is 5.97 Å². The predicted octanol–water partition coefficient (Wildman–Crippen LogP) is 1.73. The summed E-state index contributed by atoms with van der Waals surface area (Å²) in [7, 11) is 1.56. The van der Waals surface area contributed by atoms with Crippen molar-refractivity contribution in [2.45, 2.75) is 63.3 Å². The normalized spacial score (nSPS) is 33.1. The molecule has 2 unspecified atom stereocenters. The highest BCUT2D eigenvalue weighted by Gasteiger charge is 2.78. The number of ether oxygens (including phenoxy) is 3. The molecular weight excluding hydrogens is 428 g/mol. The molecule has 9 heteroatoms. The molecule has 3 fully saturated rings. The molecule has 1 aromatic rings. The maximum atomic E-state index is 13.8. The number of nitrogens with one attached hydrogen (secondary N) is 1. The van der Waals surface area contributed by atoms with Crippen LogP contribution in [0.25, 0.3) is 0 Å². The zero-order valence-corrected chi connectivity index (χ0v) is 19.5. The van der Waals surface area contributed by atoms with Crippen molar-refractivity contribution in [1.29, 1.82) is 0 Å². The topological polar surface area (TPSA) is 114 Å². The molecule has 3 aliphatic heterocycles. The number of aliphatic hydroxyl groups excluding tert-OH is 1. The van der Waals surface area contributed by atoms with Crippen molar-refractivity contribution < 1.29 is 33.7 Å². The SMILES string of the molecule is CCOC(=O)[C@H]1[C@H]2C(=O)N([C@@H](CC)CO)C(C(=O)Nc3ccc(OC)cc3)C23CC[C@]1(C)O3. The Labute approximate surface area is 193 Å². The molecule has 4 rings (SSSR count). The average molecular weight is 461 g/mol. The van der Waals surface area contributed by atoms with Crippen LogP contribution in [-0.4, -0.2) is 71.4 Å². The molecule has 2 bridgehead atoms. The number of aliphatic hydroxyl groups is 1. The number of likely N-dealkylation sites (tertiary alicyclic amines) is 1. The van der Waals surface area contributed by atoms with Crippen molar-refractivity contribution in [3.05, 3.63) is 24.3 Å². The molecule has 180 valence electrons. The molecule has 6 atom stereocenters. The maximum Gasteiger partial charge on any atom is 0.312 e. The minimum atomic E-state index is -1.15. The molecular formula is C24H32N2O7. The fourth-order valence-corrected chi connectivity index (χ4v) is 5.94. The van der Waals surface area contributed by atoms with E-state index in [2.05, 4.69) is 5.32 Å². The number of nitrogens with zero attached hydrogens (tertiary/aromatic N) is 1. The van der Waals surface area contributed by atoms with Crippen molar-refractivity contribution in [1.82, 2.24) is 4.90 Å². The van der Waals surface area contributed by atoms with Crippen LogP contribution in [-0.2, 0) is 23.9 Å². The third-order valence-electron chi connectivity index (χ3n) is 7.44. The van der Waals surface area contributed by atoms with Crippen molar-refractivity contribution >= 4 is 23.5 Å². The first-order valence-corrected chi connectivity index (χ1v) is 11.5. The summed E-state index contributed by atoms with van der Waals surface area (Å²) in [5, 5.41) is 12.9. The molecule has 0 saturated carbocycles. The van der Waals surface area contributed by atoms with E-state index in [1.807, 2.05) is 13.8 Å². The molecule has 0 aliphatic carbocycles. The summed E-state index contributed by atoms with van der Waals surface area (Å²) in [4.78, 5) is 41.8. The number of esters is 1. The Bertz CT molecular complexity index is 931. The quantitative estimate of drug-likeness (QED) is 0.568. The lowest BCUT2D eigenvalue weighted by atomic mass is 9.66. The Balaban J connectivity index is 1.74. The lowest BCUT2D eigenvalue weighted by molar-refractivity contribution is -0.160. The maximum absolute atomic E-state index is 13.8. The highest BCUT2D eigenvalue weighted by atomic mass is 16.6. The van der Waals surface area contributed by atoms with E-state index in [-0.39, 0.29) is 19.1 Å². The van der Waals surface area contributed by atoms with Gasteiger partial charge in [-0.25, -0.2) is 0 Å². The number of methoxy groups -OCH3 is 1. The van der Waals surface area contributed by atoms with E-state index >= 15 is 0 Å². The first-order valence-electron chi connectivity index (χ1n) is 11.5. The van der Waals surface area contributed by atoms with Crippen LogP contribution < -0.4 is 10.1 Å². The van der Waals surface area contributed by atoms with Gasteiger partial charge in [0.15, 0.2) is 0 Å². The summed E-state index contributed by atoms with van der Waals surface area (Å²) >= 11 is 0. The molecule has 1 spiro atoms. The van der Waals surface area contributed by atoms with Crippen LogP contribution in [0, 0.1) is 11.8 Å². The number of benzene rings is 1. The van der Waals surface area contributed by atoms with Crippen LogP contribution in [0.4, 0.5) is 5.69 Å². The van der Waals surface area contributed by atoms with Gasteiger partial charge in [-0.05, 0) is 57.4 Å². The van der Waals surface area contributed by atoms with E-state index in [1.165, 1.54) is 4.90 Å². The van der Waals surface area contributed by atoms with Crippen LogP contribution >= 0.6 is 0 Å². The van der Waals surface area contributed by atoms with Gasteiger partial charge in [0.2, 0.25) is 11.8 Å². The van der Waals surface area contributed by atoms with E-state index in [4.69, 9.17) is 14.2 Å². The van der Waals surface area contributed by atoms with Crippen molar-refractivity contribution in [3.8, 4) is 5.75 Å². The second-order valence-corrected chi connectivity index (χ2v) is 9.19. The number of amides is 2. The predicted molar refractivity (Wildman–Crippen MR) is 118 cm³/mol. The summed E-state index contributed by atoms with van der Waals surface area (Å²) < 4.78 is 16.9. The van der Waals surface area contributed by atoms with Crippen LogP contribution in [0.3, 0.4) is 0 Å². The number of anilines is 1. The summed E-state index contributed by atoms with van der Waals surface area (Å²) in [5.74, 6) is -2.20. The molecule has 1 aromatic carbocycles. The Morgan fingerprint density at radius 2 is 1.97 bits per heavy atom. The van der Waals surface area contributed by atoms with Crippen molar-refractivity contribution in [2.75, 3.05) is 25.6 Å². The molecule has 3 saturated heterocycles. The molecule has 33 heavy (non-hydrogen) atoms. The van der Waals surface area contributed by atoms with Gasteiger partial charge in [0.1, 0.15) is 23.3 Å². The zero-order valence-electron chi connectivity index (χ0n) is 19.5. The fraction of sp³-hybridized carbons (Fsp3) is 0.625. The Morgan fingerprint density at radius 3 is 2.55 bits per heavy atom. The van der Waals surface area contributed by atoms with E-state index in [1.54, 1.807) is 38.3 Å². The highest BCUT2D eigenvalue weighted by Crippen LogP contribution is 2.63. The second kappa shape index (κ2) is 8.61. The minimum Gasteiger partial charge on any atom is -0.497 e. The molecule has 9 nitrogen and oxygen atoms in total. The van der Waals surface area contributed by atoms with Gasteiger partial charge in [-0.3, -0.25) is 14.4 Å². The highest BCUT2D eigenvalue weighted by molar-refractivity contribution is 6.03. The monoisotopic (exact) mass is 460 g/mol. The Kier molecular flexibility index (Phi) is 6.13. The Hall–Kier alpha value is -2.65. The number of rotatable bonds is 8. The standard InChI is InChI=1S/C24H32N2O7/c1-5-15(13-27)26-19(20(28)25-14-7-9-16(31-4)10-8-14)24-12-11-23(3,33-24)18(17(24)21(26)29)22(30)32-6-2/h7-10,15,17-19,27H,5-6,11-13H2,1-4H3,(H,25,28)/t15-,17-,18+,19?,23-,24?/m0/s1. The number of fused-ring (bicyclic) bond motifs is 1. The summed E-state index contributed by atoms with van der Waals surface area (Å²) in [5.41, 5.74) is -1.48. The van der Waals surface area contributed by atoms with Gasteiger partial charge < -0.3 is 29.5 Å². The van der Waals surface area contributed by atoms with Gasteiger partial charge in [0.05, 0.1) is 37.9 Å². The summed E-state index contributed by atoms with van der Waals surface area (Å²) in [6, 6.07) is 5.34. The Morgan fingerprint density at radius 1 is 1.27 bits per heavy atom. The second-order valence-electron chi connectivity index (χ2n) is 9.19. The molecule has 2 N–H and O–H groups in total. The van der Waals surface area contributed by atoms with Gasteiger partial charge in [-0.1, -0.05) is 6.92 Å².